The molecule has 0 atom stereocenters. The largest absolute Gasteiger partial charge is 0.455 e. The Kier molecular flexibility index (Phi) is 9.99. The molecule has 1 aliphatic rings. The predicted molar refractivity (Wildman–Crippen MR) is 313 cm³/mol. The molecule has 2 heterocycles. The van der Waals surface area contributed by atoms with Gasteiger partial charge in [-0.25, -0.2) is 0 Å². The van der Waals surface area contributed by atoms with E-state index in [1.807, 2.05) is 0 Å². The fourth-order valence-electron chi connectivity index (χ4n) is 11.7. The Morgan fingerprint density at radius 3 is 0.707 bits per heavy atom. The molecule has 0 fully saturated rings. The van der Waals surface area contributed by atoms with Crippen molar-refractivity contribution in [3.63, 3.8) is 0 Å². The molecule has 14 aromatic rings. The van der Waals surface area contributed by atoms with Gasteiger partial charge >= 0.3 is 0 Å². The van der Waals surface area contributed by atoms with Crippen LogP contribution in [-0.4, -0.2) is 0 Å². The van der Waals surface area contributed by atoms with Crippen molar-refractivity contribution in [2.45, 2.75) is 6.42 Å². The quantitative estimate of drug-likeness (QED) is 0.152. The van der Waals surface area contributed by atoms with Crippen molar-refractivity contribution in [3.8, 4) is 100 Å². The SMILES string of the molecule is c1ccc(-c2cc(-c3ccccc3)c3oc4c(-c5ccc6c(c5)-c5cc(-c7cc(-c8ccccc8)cc8c7oc7c(-c9ccccc9)cc(-c9ccccc9)cc78)ccc5C6)cc(-c5ccccc5)cc4c3c2)cc1. The highest BCUT2D eigenvalue weighted by atomic mass is 16.3. The molecule has 75 heavy (non-hydrogen) atoms. The minimum atomic E-state index is 0.866. The summed E-state index contributed by atoms with van der Waals surface area (Å²) in [6.45, 7) is 0. The summed E-state index contributed by atoms with van der Waals surface area (Å²) in [5.74, 6) is 0. The fraction of sp³-hybridized carbons (Fsp3) is 0.0137. The Balaban J connectivity index is 0.931. The maximum absolute atomic E-state index is 7.24. The van der Waals surface area contributed by atoms with Gasteiger partial charge in [0.15, 0.2) is 0 Å². The first-order chi connectivity index (χ1) is 37.1. The van der Waals surface area contributed by atoms with Gasteiger partial charge in [0.2, 0.25) is 0 Å². The zero-order valence-electron chi connectivity index (χ0n) is 40.9. The van der Waals surface area contributed by atoms with E-state index in [-0.39, 0.29) is 0 Å². The van der Waals surface area contributed by atoms with Gasteiger partial charge in [0, 0.05) is 43.8 Å². The molecule has 0 spiro atoms. The number of furan rings is 2. The Bertz CT molecular complexity index is 4200. The summed E-state index contributed by atoms with van der Waals surface area (Å²) in [5, 5.41) is 4.39. The first-order valence-electron chi connectivity index (χ1n) is 25.8. The third-order valence-electron chi connectivity index (χ3n) is 15.5. The summed E-state index contributed by atoms with van der Waals surface area (Å²) in [7, 11) is 0. The molecule has 0 aliphatic heterocycles. The average Bonchev–Trinajstić information content (AvgIpc) is 4.20. The van der Waals surface area contributed by atoms with Crippen LogP contribution in [0.3, 0.4) is 0 Å². The number of benzene rings is 12. The van der Waals surface area contributed by atoms with Gasteiger partial charge in [0.05, 0.1) is 0 Å². The molecule has 2 aromatic heterocycles. The van der Waals surface area contributed by atoms with Gasteiger partial charge in [-0.2, -0.15) is 0 Å². The van der Waals surface area contributed by atoms with Crippen molar-refractivity contribution < 1.29 is 8.83 Å². The zero-order chi connectivity index (χ0) is 49.4. The highest BCUT2D eigenvalue weighted by molar-refractivity contribution is 6.17. The van der Waals surface area contributed by atoms with E-state index in [4.69, 9.17) is 8.83 Å². The van der Waals surface area contributed by atoms with Crippen molar-refractivity contribution >= 4 is 43.9 Å². The van der Waals surface area contributed by atoms with E-state index >= 15 is 0 Å². The highest BCUT2D eigenvalue weighted by Crippen LogP contribution is 2.49. The van der Waals surface area contributed by atoms with Crippen LogP contribution in [0, 0.1) is 0 Å². The molecular formula is C73H46O2. The molecule has 350 valence electrons. The molecule has 0 saturated heterocycles. The fourth-order valence-corrected chi connectivity index (χ4v) is 11.7. The second kappa shape index (κ2) is 17.5. The van der Waals surface area contributed by atoms with E-state index in [2.05, 4.69) is 267 Å². The van der Waals surface area contributed by atoms with Crippen LogP contribution in [0.4, 0.5) is 0 Å². The van der Waals surface area contributed by atoms with Crippen LogP contribution in [0.5, 0.6) is 0 Å². The maximum Gasteiger partial charge on any atom is 0.143 e. The summed E-state index contributed by atoms with van der Waals surface area (Å²) in [6, 6.07) is 96.7. The summed E-state index contributed by atoms with van der Waals surface area (Å²) < 4.78 is 14.5. The van der Waals surface area contributed by atoms with Crippen molar-refractivity contribution in [1.29, 1.82) is 0 Å². The molecule has 2 heteroatoms. The Morgan fingerprint density at radius 2 is 0.427 bits per heavy atom. The standard InChI is InChI=1S/C73H46O2/c1-7-19-46(20-8-1)56-38-62(50-27-15-5-16-28-50)70-66(42-56)68-44-58(48-23-11-3-12-24-48)40-64(72(68)74-70)54-33-31-52-35-53-32-34-55(37-61(53)60(52)36-54)65-41-59(49-25-13-4-14-26-49)45-69-67-43-57(47-21-9-2-10-22-47)39-63(71(67)75-73(65)69)51-29-17-6-18-30-51/h1-34,36-45H,35H2. The number of fused-ring (bicyclic) bond motifs is 9. The molecule has 0 unspecified atom stereocenters. The molecule has 15 rings (SSSR count). The number of hydrogen-bond donors (Lipinski definition) is 0. The maximum atomic E-state index is 7.24. The first kappa shape index (κ1) is 42.9. The number of hydrogen-bond acceptors (Lipinski definition) is 2. The van der Waals surface area contributed by atoms with Crippen molar-refractivity contribution in [1.82, 2.24) is 0 Å². The Hall–Kier alpha value is -9.76. The van der Waals surface area contributed by atoms with Gasteiger partial charge < -0.3 is 8.83 Å². The van der Waals surface area contributed by atoms with E-state index < -0.39 is 0 Å². The average molecular weight is 955 g/mol. The second-order valence-electron chi connectivity index (χ2n) is 19.9. The summed E-state index contributed by atoms with van der Waals surface area (Å²) in [4.78, 5) is 0. The first-order valence-corrected chi connectivity index (χ1v) is 25.8. The molecule has 0 amide bonds. The van der Waals surface area contributed by atoms with Crippen molar-refractivity contribution in [3.05, 3.63) is 278 Å². The summed E-state index contributed by atoms with van der Waals surface area (Å²) >= 11 is 0. The summed E-state index contributed by atoms with van der Waals surface area (Å²) in [5.41, 5.74) is 26.7. The van der Waals surface area contributed by atoms with E-state index in [0.717, 1.165) is 128 Å². The lowest BCUT2D eigenvalue weighted by atomic mass is 9.91. The van der Waals surface area contributed by atoms with E-state index in [1.165, 1.54) is 33.4 Å². The molecule has 0 bridgehead atoms. The molecule has 1 aliphatic carbocycles. The highest BCUT2D eigenvalue weighted by Gasteiger charge is 2.25. The van der Waals surface area contributed by atoms with Gasteiger partial charge in [-0.1, -0.05) is 206 Å². The Labute approximate surface area is 435 Å². The van der Waals surface area contributed by atoms with Crippen molar-refractivity contribution in [2.75, 3.05) is 0 Å². The monoisotopic (exact) mass is 954 g/mol. The van der Waals surface area contributed by atoms with E-state index in [1.54, 1.807) is 0 Å². The van der Waals surface area contributed by atoms with Crippen LogP contribution < -0.4 is 0 Å². The van der Waals surface area contributed by atoms with Crippen molar-refractivity contribution in [2.24, 2.45) is 0 Å². The molecule has 0 N–H and O–H groups in total. The third kappa shape index (κ3) is 7.33. The van der Waals surface area contributed by atoms with Gasteiger partial charge in [-0.15, -0.1) is 0 Å². The van der Waals surface area contributed by atoms with Crippen LogP contribution in [0.1, 0.15) is 11.1 Å². The number of rotatable bonds is 8. The third-order valence-corrected chi connectivity index (χ3v) is 15.5. The van der Waals surface area contributed by atoms with E-state index in [0.29, 0.717) is 0 Å². The van der Waals surface area contributed by atoms with Crippen LogP contribution in [0.15, 0.2) is 276 Å². The second-order valence-corrected chi connectivity index (χ2v) is 19.9. The van der Waals surface area contributed by atoms with Gasteiger partial charge in [0.1, 0.15) is 22.3 Å². The molecular weight excluding hydrogens is 909 g/mol. The van der Waals surface area contributed by atoms with Gasteiger partial charge in [-0.3, -0.25) is 0 Å². The lowest BCUT2D eigenvalue weighted by Gasteiger charge is -2.12. The lowest BCUT2D eigenvalue weighted by molar-refractivity contribution is 0.671. The zero-order valence-corrected chi connectivity index (χ0v) is 40.9. The smallest absolute Gasteiger partial charge is 0.143 e. The lowest BCUT2D eigenvalue weighted by Crippen LogP contribution is -1.87. The van der Waals surface area contributed by atoms with Crippen LogP contribution >= 0.6 is 0 Å². The summed E-state index contributed by atoms with van der Waals surface area (Å²) in [6.07, 6.45) is 0.866. The molecule has 12 aromatic carbocycles. The topological polar surface area (TPSA) is 26.3 Å². The predicted octanol–water partition coefficient (Wildman–Crippen LogP) is 20.4. The molecule has 0 saturated carbocycles. The Morgan fingerprint density at radius 1 is 0.187 bits per heavy atom. The van der Waals surface area contributed by atoms with Crippen LogP contribution in [0.2, 0.25) is 0 Å². The molecule has 2 nitrogen and oxygen atoms in total. The minimum absolute atomic E-state index is 0.866. The van der Waals surface area contributed by atoms with Crippen LogP contribution in [-0.2, 0) is 6.42 Å². The normalized spacial score (nSPS) is 11.9. The van der Waals surface area contributed by atoms with Gasteiger partial charge in [-0.05, 0) is 156 Å². The molecule has 0 radical (unpaired) electrons. The van der Waals surface area contributed by atoms with Gasteiger partial charge in [0.25, 0.3) is 0 Å². The van der Waals surface area contributed by atoms with E-state index in [9.17, 15) is 0 Å². The minimum Gasteiger partial charge on any atom is -0.455 e. The van der Waals surface area contributed by atoms with Crippen LogP contribution in [0.25, 0.3) is 144 Å².